The monoisotopic (exact) mass is 299 g/mol. The van der Waals surface area contributed by atoms with Crippen molar-refractivity contribution < 1.29 is 4.79 Å². The molecule has 4 nitrogen and oxygen atoms in total. The molecule has 2 heterocycles. The zero-order chi connectivity index (χ0) is 14.8. The van der Waals surface area contributed by atoms with Gasteiger partial charge in [0.1, 0.15) is 11.3 Å². The van der Waals surface area contributed by atoms with Crippen LogP contribution in [0.1, 0.15) is 21.6 Å². The maximum Gasteiger partial charge on any atom is 0.271 e. The third-order valence-corrected chi connectivity index (χ3v) is 3.47. The second-order valence-corrected chi connectivity index (χ2v) is 5.34. The lowest BCUT2D eigenvalue weighted by Gasteiger charge is -2.03. The Morgan fingerprint density at radius 1 is 1.29 bits per heavy atom. The van der Waals surface area contributed by atoms with Gasteiger partial charge in [-0.15, -0.1) is 0 Å². The van der Waals surface area contributed by atoms with Crippen LogP contribution in [-0.4, -0.2) is 15.3 Å². The number of halogens is 1. The van der Waals surface area contributed by atoms with Gasteiger partial charge in [0.15, 0.2) is 0 Å². The normalized spacial score (nSPS) is 10.8. The van der Waals surface area contributed by atoms with Gasteiger partial charge >= 0.3 is 0 Å². The molecule has 1 aromatic carbocycles. The number of aryl methyl sites for hydroxylation is 1. The standard InChI is InChI=1S/C16H14ClN3O/c1-11-6-7-20-10-14(19-15(20)8-11)16(21)18-9-12-2-4-13(17)5-3-12/h2-8,10H,9H2,1H3,(H,18,21). The van der Waals surface area contributed by atoms with Crippen LogP contribution in [0.25, 0.3) is 5.65 Å². The van der Waals surface area contributed by atoms with Crippen LogP contribution in [0, 0.1) is 6.92 Å². The number of hydrogen-bond acceptors (Lipinski definition) is 2. The maximum atomic E-state index is 12.1. The molecule has 106 valence electrons. The molecule has 3 rings (SSSR count). The smallest absolute Gasteiger partial charge is 0.271 e. The molecule has 0 aliphatic carbocycles. The molecule has 0 spiro atoms. The first-order valence-electron chi connectivity index (χ1n) is 6.60. The Hall–Kier alpha value is -2.33. The fourth-order valence-electron chi connectivity index (χ4n) is 2.07. The Balaban J connectivity index is 1.73. The van der Waals surface area contributed by atoms with Gasteiger partial charge in [-0.05, 0) is 42.3 Å². The van der Waals surface area contributed by atoms with Crippen molar-refractivity contribution in [1.29, 1.82) is 0 Å². The van der Waals surface area contributed by atoms with E-state index in [0.717, 1.165) is 16.8 Å². The van der Waals surface area contributed by atoms with Gasteiger partial charge in [0.25, 0.3) is 5.91 Å². The minimum atomic E-state index is -0.189. The highest BCUT2D eigenvalue weighted by atomic mass is 35.5. The Kier molecular flexibility index (Phi) is 3.62. The largest absolute Gasteiger partial charge is 0.347 e. The predicted molar refractivity (Wildman–Crippen MR) is 82.6 cm³/mol. The highest BCUT2D eigenvalue weighted by Crippen LogP contribution is 2.10. The fraction of sp³-hybridized carbons (Fsp3) is 0.125. The molecule has 1 N–H and O–H groups in total. The first-order chi connectivity index (χ1) is 10.1. The molecular weight excluding hydrogens is 286 g/mol. The number of carbonyl (C=O) groups excluding carboxylic acids is 1. The van der Waals surface area contributed by atoms with Gasteiger partial charge in [-0.3, -0.25) is 4.79 Å². The summed E-state index contributed by atoms with van der Waals surface area (Å²) in [6.07, 6.45) is 3.62. The number of imidazole rings is 1. The second-order valence-electron chi connectivity index (χ2n) is 4.90. The lowest BCUT2D eigenvalue weighted by atomic mass is 10.2. The molecule has 0 saturated heterocycles. The van der Waals surface area contributed by atoms with Crippen molar-refractivity contribution >= 4 is 23.2 Å². The summed E-state index contributed by atoms with van der Waals surface area (Å²) in [7, 11) is 0. The second kappa shape index (κ2) is 5.58. The Morgan fingerprint density at radius 3 is 2.81 bits per heavy atom. The van der Waals surface area contributed by atoms with Crippen molar-refractivity contribution in [2.45, 2.75) is 13.5 Å². The molecule has 0 bridgehead atoms. The van der Waals surface area contributed by atoms with Crippen LogP contribution >= 0.6 is 11.6 Å². The van der Waals surface area contributed by atoms with Crippen molar-refractivity contribution in [3.8, 4) is 0 Å². The number of rotatable bonds is 3. The van der Waals surface area contributed by atoms with E-state index in [0.29, 0.717) is 17.3 Å². The number of pyridine rings is 1. The quantitative estimate of drug-likeness (QED) is 0.807. The number of carbonyl (C=O) groups is 1. The number of benzene rings is 1. The van der Waals surface area contributed by atoms with Crippen molar-refractivity contribution in [2.24, 2.45) is 0 Å². The van der Waals surface area contributed by atoms with Crippen LogP contribution in [0.15, 0.2) is 48.8 Å². The highest BCUT2D eigenvalue weighted by molar-refractivity contribution is 6.30. The average molecular weight is 300 g/mol. The van der Waals surface area contributed by atoms with Crippen LogP contribution in [0.4, 0.5) is 0 Å². The van der Waals surface area contributed by atoms with Crippen LogP contribution in [0.3, 0.4) is 0 Å². The summed E-state index contributed by atoms with van der Waals surface area (Å²) in [5.41, 5.74) is 3.29. The zero-order valence-corrected chi connectivity index (χ0v) is 12.3. The highest BCUT2D eigenvalue weighted by Gasteiger charge is 2.10. The zero-order valence-electron chi connectivity index (χ0n) is 11.5. The Bertz CT molecular complexity index is 793. The first kappa shape index (κ1) is 13.6. The van der Waals surface area contributed by atoms with E-state index in [2.05, 4.69) is 10.3 Å². The minimum Gasteiger partial charge on any atom is -0.347 e. The van der Waals surface area contributed by atoms with Crippen LogP contribution in [0.5, 0.6) is 0 Å². The van der Waals surface area contributed by atoms with Gasteiger partial charge < -0.3 is 9.72 Å². The molecule has 0 fully saturated rings. The van der Waals surface area contributed by atoms with E-state index in [4.69, 9.17) is 11.6 Å². The summed E-state index contributed by atoms with van der Waals surface area (Å²) in [5.74, 6) is -0.189. The summed E-state index contributed by atoms with van der Waals surface area (Å²) in [6.45, 7) is 2.44. The van der Waals surface area contributed by atoms with E-state index in [-0.39, 0.29) is 5.91 Å². The maximum absolute atomic E-state index is 12.1. The van der Waals surface area contributed by atoms with Gasteiger partial charge in [-0.1, -0.05) is 23.7 Å². The molecule has 0 radical (unpaired) electrons. The summed E-state index contributed by atoms with van der Waals surface area (Å²) < 4.78 is 1.84. The average Bonchev–Trinajstić information content (AvgIpc) is 2.89. The summed E-state index contributed by atoms with van der Waals surface area (Å²) >= 11 is 5.83. The lowest BCUT2D eigenvalue weighted by Crippen LogP contribution is -2.23. The fourth-order valence-corrected chi connectivity index (χ4v) is 2.19. The topological polar surface area (TPSA) is 46.4 Å². The molecule has 0 atom stereocenters. The number of nitrogens with one attached hydrogen (secondary N) is 1. The van der Waals surface area contributed by atoms with Crippen molar-refractivity contribution in [3.63, 3.8) is 0 Å². The number of hydrogen-bond donors (Lipinski definition) is 1. The molecule has 3 aromatic rings. The Morgan fingerprint density at radius 2 is 2.05 bits per heavy atom. The first-order valence-corrected chi connectivity index (χ1v) is 6.97. The Labute approximate surface area is 127 Å². The van der Waals surface area contributed by atoms with Gasteiger partial charge in [-0.2, -0.15) is 0 Å². The van der Waals surface area contributed by atoms with E-state index in [9.17, 15) is 4.79 Å². The third-order valence-electron chi connectivity index (χ3n) is 3.21. The molecule has 0 aliphatic rings. The van der Waals surface area contributed by atoms with Crippen LogP contribution < -0.4 is 5.32 Å². The van der Waals surface area contributed by atoms with E-state index < -0.39 is 0 Å². The van der Waals surface area contributed by atoms with Gasteiger partial charge in [0.2, 0.25) is 0 Å². The van der Waals surface area contributed by atoms with E-state index in [1.165, 1.54) is 0 Å². The van der Waals surface area contributed by atoms with Gasteiger partial charge in [0, 0.05) is 24.0 Å². The molecule has 21 heavy (non-hydrogen) atoms. The molecule has 0 saturated carbocycles. The third kappa shape index (κ3) is 3.06. The van der Waals surface area contributed by atoms with Gasteiger partial charge in [0.05, 0.1) is 0 Å². The molecule has 2 aromatic heterocycles. The number of nitrogens with zero attached hydrogens (tertiary/aromatic N) is 2. The van der Waals surface area contributed by atoms with Crippen molar-refractivity contribution in [3.05, 3.63) is 70.6 Å². The number of fused-ring (bicyclic) bond motifs is 1. The van der Waals surface area contributed by atoms with Crippen LogP contribution in [-0.2, 0) is 6.54 Å². The molecule has 1 amide bonds. The summed E-state index contributed by atoms with van der Waals surface area (Å²) in [4.78, 5) is 16.5. The van der Waals surface area contributed by atoms with Gasteiger partial charge in [-0.25, -0.2) is 4.98 Å². The molecule has 0 aliphatic heterocycles. The van der Waals surface area contributed by atoms with E-state index in [1.54, 1.807) is 18.3 Å². The number of aromatic nitrogens is 2. The molecule has 0 unspecified atom stereocenters. The lowest BCUT2D eigenvalue weighted by molar-refractivity contribution is 0.0946. The van der Waals surface area contributed by atoms with Crippen molar-refractivity contribution in [2.75, 3.05) is 0 Å². The molecule has 5 heteroatoms. The number of amides is 1. The molecular formula is C16H14ClN3O. The SMILES string of the molecule is Cc1ccn2cc(C(=O)NCc3ccc(Cl)cc3)nc2c1. The minimum absolute atomic E-state index is 0.189. The van der Waals surface area contributed by atoms with Crippen LogP contribution in [0.2, 0.25) is 5.02 Å². The summed E-state index contributed by atoms with van der Waals surface area (Å²) in [6, 6.07) is 11.3. The van der Waals surface area contributed by atoms with E-state index in [1.807, 2.05) is 41.8 Å². The van der Waals surface area contributed by atoms with E-state index >= 15 is 0 Å². The van der Waals surface area contributed by atoms with Crippen molar-refractivity contribution in [1.82, 2.24) is 14.7 Å². The predicted octanol–water partition coefficient (Wildman–Crippen LogP) is 3.23. The summed E-state index contributed by atoms with van der Waals surface area (Å²) in [5, 5.41) is 3.53.